The lowest BCUT2D eigenvalue weighted by Gasteiger charge is -2.12. The van der Waals surface area contributed by atoms with E-state index in [1.807, 2.05) is 36.9 Å². The zero-order valence-corrected chi connectivity index (χ0v) is 13.2. The summed E-state index contributed by atoms with van der Waals surface area (Å²) in [6.07, 6.45) is 0. The minimum atomic E-state index is 0.734. The SMILES string of the molecule is COc1ccc(Br)cc1NCc1c(C)nn(C)c1C. The van der Waals surface area contributed by atoms with Gasteiger partial charge in [-0.05, 0) is 32.0 Å². The lowest BCUT2D eigenvalue weighted by atomic mass is 10.2. The predicted molar refractivity (Wildman–Crippen MR) is 80.7 cm³/mol. The van der Waals surface area contributed by atoms with E-state index >= 15 is 0 Å². The van der Waals surface area contributed by atoms with Gasteiger partial charge < -0.3 is 10.1 Å². The van der Waals surface area contributed by atoms with Crippen LogP contribution in [-0.4, -0.2) is 16.9 Å². The maximum atomic E-state index is 5.35. The Kier molecular flexibility index (Phi) is 4.14. The molecule has 19 heavy (non-hydrogen) atoms. The molecule has 0 aliphatic carbocycles. The number of anilines is 1. The Bertz CT molecular complexity index is 593. The Labute approximate surface area is 121 Å². The van der Waals surface area contributed by atoms with Gasteiger partial charge in [0.15, 0.2) is 0 Å². The van der Waals surface area contributed by atoms with E-state index in [2.05, 4.69) is 33.3 Å². The van der Waals surface area contributed by atoms with Gasteiger partial charge in [-0.15, -0.1) is 0 Å². The largest absolute Gasteiger partial charge is 0.495 e. The molecule has 1 heterocycles. The quantitative estimate of drug-likeness (QED) is 0.937. The Balaban J connectivity index is 2.21. The minimum absolute atomic E-state index is 0.734. The summed E-state index contributed by atoms with van der Waals surface area (Å²) < 4.78 is 8.28. The molecule has 0 aliphatic heterocycles. The Hall–Kier alpha value is -1.49. The van der Waals surface area contributed by atoms with Gasteiger partial charge in [0, 0.05) is 29.3 Å². The van der Waals surface area contributed by atoms with Crippen molar-refractivity contribution < 1.29 is 4.74 Å². The van der Waals surface area contributed by atoms with Gasteiger partial charge >= 0.3 is 0 Å². The molecule has 1 aromatic heterocycles. The molecule has 1 aromatic carbocycles. The van der Waals surface area contributed by atoms with Crippen LogP contribution in [0.25, 0.3) is 0 Å². The standard InChI is InChI=1S/C14H18BrN3O/c1-9-12(10(2)18(3)17-9)8-16-13-7-11(15)5-6-14(13)19-4/h5-7,16H,8H2,1-4H3. The third-order valence-corrected chi connectivity index (χ3v) is 3.77. The molecule has 0 spiro atoms. The van der Waals surface area contributed by atoms with Crippen LogP contribution in [0.3, 0.4) is 0 Å². The summed E-state index contributed by atoms with van der Waals surface area (Å²) in [4.78, 5) is 0. The van der Waals surface area contributed by atoms with Gasteiger partial charge in [0.25, 0.3) is 0 Å². The van der Waals surface area contributed by atoms with Crippen molar-refractivity contribution in [2.75, 3.05) is 12.4 Å². The van der Waals surface area contributed by atoms with Crippen LogP contribution in [-0.2, 0) is 13.6 Å². The number of hydrogen-bond donors (Lipinski definition) is 1. The summed E-state index contributed by atoms with van der Waals surface area (Å²) in [6.45, 7) is 4.84. The third kappa shape index (κ3) is 2.92. The van der Waals surface area contributed by atoms with Gasteiger partial charge in [-0.2, -0.15) is 5.10 Å². The first-order valence-corrected chi connectivity index (χ1v) is 6.88. The van der Waals surface area contributed by atoms with Gasteiger partial charge in [-0.3, -0.25) is 4.68 Å². The minimum Gasteiger partial charge on any atom is -0.495 e. The lowest BCUT2D eigenvalue weighted by molar-refractivity contribution is 0.416. The van der Waals surface area contributed by atoms with Crippen molar-refractivity contribution in [2.24, 2.45) is 7.05 Å². The first-order chi connectivity index (χ1) is 9.02. The van der Waals surface area contributed by atoms with Crippen molar-refractivity contribution in [3.63, 3.8) is 0 Å². The van der Waals surface area contributed by atoms with Crippen molar-refractivity contribution in [1.82, 2.24) is 9.78 Å². The van der Waals surface area contributed by atoms with E-state index in [-0.39, 0.29) is 0 Å². The normalized spacial score (nSPS) is 10.6. The van der Waals surface area contributed by atoms with Crippen LogP contribution in [0.2, 0.25) is 0 Å². The highest BCUT2D eigenvalue weighted by atomic mass is 79.9. The van der Waals surface area contributed by atoms with Crippen molar-refractivity contribution >= 4 is 21.6 Å². The van der Waals surface area contributed by atoms with E-state index in [1.165, 1.54) is 11.3 Å². The number of nitrogens with one attached hydrogen (secondary N) is 1. The molecule has 0 aliphatic rings. The number of aryl methyl sites for hydroxylation is 2. The number of methoxy groups -OCH3 is 1. The van der Waals surface area contributed by atoms with Crippen LogP contribution in [0, 0.1) is 13.8 Å². The number of rotatable bonds is 4. The molecule has 2 aromatic rings. The van der Waals surface area contributed by atoms with E-state index in [9.17, 15) is 0 Å². The predicted octanol–water partition coefficient (Wildman–Crippen LogP) is 3.42. The highest BCUT2D eigenvalue weighted by Crippen LogP contribution is 2.28. The van der Waals surface area contributed by atoms with Gasteiger partial charge in [-0.1, -0.05) is 15.9 Å². The first kappa shape index (κ1) is 13.9. The topological polar surface area (TPSA) is 39.1 Å². The third-order valence-electron chi connectivity index (χ3n) is 3.28. The summed E-state index contributed by atoms with van der Waals surface area (Å²) in [6, 6.07) is 5.92. The van der Waals surface area contributed by atoms with Gasteiger partial charge in [0.1, 0.15) is 5.75 Å². The van der Waals surface area contributed by atoms with E-state index in [4.69, 9.17) is 4.74 Å². The average Bonchev–Trinajstić information content (AvgIpc) is 2.61. The molecule has 0 saturated heterocycles. The first-order valence-electron chi connectivity index (χ1n) is 6.09. The molecule has 0 bridgehead atoms. The summed E-state index contributed by atoms with van der Waals surface area (Å²) in [5.74, 6) is 0.836. The molecule has 0 unspecified atom stereocenters. The van der Waals surface area contributed by atoms with E-state index < -0.39 is 0 Å². The van der Waals surface area contributed by atoms with Gasteiger partial charge in [0.05, 0.1) is 18.5 Å². The monoisotopic (exact) mass is 323 g/mol. The molecular weight excluding hydrogens is 306 g/mol. The fourth-order valence-corrected chi connectivity index (χ4v) is 2.44. The zero-order valence-electron chi connectivity index (χ0n) is 11.6. The van der Waals surface area contributed by atoms with Crippen molar-refractivity contribution in [3.8, 4) is 5.75 Å². The van der Waals surface area contributed by atoms with Crippen LogP contribution in [0.4, 0.5) is 5.69 Å². The number of aromatic nitrogens is 2. The number of halogens is 1. The molecular formula is C14H18BrN3O. The average molecular weight is 324 g/mol. The summed E-state index contributed by atoms with van der Waals surface area (Å²) >= 11 is 3.47. The van der Waals surface area contributed by atoms with Crippen LogP contribution < -0.4 is 10.1 Å². The Morgan fingerprint density at radius 1 is 1.37 bits per heavy atom. The Morgan fingerprint density at radius 2 is 2.11 bits per heavy atom. The van der Waals surface area contributed by atoms with E-state index in [1.54, 1.807) is 7.11 Å². The van der Waals surface area contributed by atoms with Crippen molar-refractivity contribution in [1.29, 1.82) is 0 Å². The van der Waals surface area contributed by atoms with Crippen LogP contribution in [0.5, 0.6) is 5.75 Å². The van der Waals surface area contributed by atoms with Gasteiger partial charge in [0.2, 0.25) is 0 Å². The summed E-state index contributed by atoms with van der Waals surface area (Å²) in [7, 11) is 3.64. The molecule has 2 rings (SSSR count). The molecule has 1 N–H and O–H groups in total. The maximum Gasteiger partial charge on any atom is 0.142 e. The summed E-state index contributed by atoms with van der Waals surface area (Å²) in [5, 5.41) is 7.83. The lowest BCUT2D eigenvalue weighted by Crippen LogP contribution is -2.03. The number of ether oxygens (including phenoxy) is 1. The molecule has 0 radical (unpaired) electrons. The molecule has 5 heteroatoms. The molecule has 0 atom stereocenters. The highest BCUT2D eigenvalue weighted by Gasteiger charge is 2.10. The molecule has 102 valence electrons. The Morgan fingerprint density at radius 3 is 2.68 bits per heavy atom. The molecule has 0 fully saturated rings. The molecule has 0 saturated carbocycles. The number of benzene rings is 1. The van der Waals surface area contributed by atoms with E-state index in [0.717, 1.165) is 28.1 Å². The van der Waals surface area contributed by atoms with Crippen LogP contribution in [0.1, 0.15) is 17.0 Å². The smallest absolute Gasteiger partial charge is 0.142 e. The number of hydrogen-bond acceptors (Lipinski definition) is 3. The van der Waals surface area contributed by atoms with Crippen LogP contribution in [0.15, 0.2) is 22.7 Å². The van der Waals surface area contributed by atoms with Crippen molar-refractivity contribution in [2.45, 2.75) is 20.4 Å². The van der Waals surface area contributed by atoms with Crippen LogP contribution >= 0.6 is 15.9 Å². The zero-order chi connectivity index (χ0) is 14.0. The second-order valence-electron chi connectivity index (χ2n) is 4.47. The second-order valence-corrected chi connectivity index (χ2v) is 5.39. The number of nitrogens with zero attached hydrogens (tertiary/aromatic N) is 2. The second kappa shape index (κ2) is 5.65. The van der Waals surface area contributed by atoms with Gasteiger partial charge in [-0.25, -0.2) is 0 Å². The fourth-order valence-electron chi connectivity index (χ4n) is 2.08. The fraction of sp³-hybridized carbons (Fsp3) is 0.357. The maximum absolute atomic E-state index is 5.35. The highest BCUT2D eigenvalue weighted by molar-refractivity contribution is 9.10. The molecule has 0 amide bonds. The van der Waals surface area contributed by atoms with Crippen molar-refractivity contribution in [3.05, 3.63) is 39.6 Å². The molecule has 4 nitrogen and oxygen atoms in total. The summed E-state index contributed by atoms with van der Waals surface area (Å²) in [5.41, 5.74) is 4.43. The van der Waals surface area contributed by atoms with E-state index in [0.29, 0.717) is 0 Å².